The van der Waals surface area contributed by atoms with E-state index in [-0.39, 0.29) is 18.9 Å². The summed E-state index contributed by atoms with van der Waals surface area (Å²) in [6.07, 6.45) is -1.33. The van der Waals surface area contributed by atoms with Gasteiger partial charge in [-0.15, -0.1) is 0 Å². The highest BCUT2D eigenvalue weighted by Gasteiger charge is 2.30. The number of hydrogen-bond donors (Lipinski definition) is 3. The predicted octanol–water partition coefficient (Wildman–Crippen LogP) is 3.70. The summed E-state index contributed by atoms with van der Waals surface area (Å²) in [5.74, 6) is -0.952. The summed E-state index contributed by atoms with van der Waals surface area (Å²) in [6.45, 7) is 9.14. The molecule has 2 unspecified atom stereocenters. The van der Waals surface area contributed by atoms with Crippen molar-refractivity contribution in [1.29, 1.82) is 0 Å². The Hall–Kier alpha value is -2.77. The van der Waals surface area contributed by atoms with Crippen molar-refractivity contribution in [2.45, 2.75) is 71.8 Å². The Morgan fingerprint density at radius 2 is 1.59 bits per heavy atom. The number of alkyl carbamates (subject to hydrolysis) is 2. The largest absolute Gasteiger partial charge is 0.481 e. The zero-order valence-electron chi connectivity index (χ0n) is 17.7. The predicted molar refractivity (Wildman–Crippen MR) is 108 cm³/mol. The number of carbonyl (C=O) groups is 3. The zero-order chi connectivity index (χ0) is 22.0. The van der Waals surface area contributed by atoms with E-state index in [4.69, 9.17) is 9.47 Å². The van der Waals surface area contributed by atoms with Crippen molar-refractivity contribution >= 4 is 18.2 Å². The van der Waals surface area contributed by atoms with Gasteiger partial charge in [0.25, 0.3) is 0 Å². The van der Waals surface area contributed by atoms with Gasteiger partial charge in [-0.1, -0.05) is 44.2 Å². The Labute approximate surface area is 172 Å². The highest BCUT2D eigenvalue weighted by Crippen LogP contribution is 2.14. The number of ether oxygens (including phenoxy) is 2. The third-order valence-corrected chi connectivity index (χ3v) is 3.82. The lowest BCUT2D eigenvalue weighted by atomic mass is 9.95. The lowest BCUT2D eigenvalue weighted by Gasteiger charge is -2.30. The van der Waals surface area contributed by atoms with Crippen LogP contribution >= 0.6 is 0 Å². The maximum atomic E-state index is 12.2. The van der Waals surface area contributed by atoms with Crippen LogP contribution in [0.3, 0.4) is 0 Å². The lowest BCUT2D eigenvalue weighted by Crippen LogP contribution is -2.53. The molecule has 0 heterocycles. The Balaban J connectivity index is 2.83. The molecule has 1 rings (SSSR count). The second-order valence-electron chi connectivity index (χ2n) is 8.29. The molecule has 0 aliphatic heterocycles. The first-order chi connectivity index (χ1) is 13.5. The van der Waals surface area contributed by atoms with Gasteiger partial charge in [0.15, 0.2) is 0 Å². The van der Waals surface area contributed by atoms with Crippen LogP contribution in [-0.4, -0.2) is 40.9 Å². The summed E-state index contributed by atoms with van der Waals surface area (Å²) in [4.78, 5) is 35.8. The molecule has 8 nitrogen and oxygen atoms in total. The third kappa shape index (κ3) is 11.0. The summed E-state index contributed by atoms with van der Waals surface area (Å²) in [6, 6.07) is 7.64. The van der Waals surface area contributed by atoms with E-state index in [1.54, 1.807) is 20.8 Å². The summed E-state index contributed by atoms with van der Waals surface area (Å²) in [5, 5.41) is 14.5. The Bertz CT molecular complexity index is 669. The van der Waals surface area contributed by atoms with Gasteiger partial charge in [-0.05, 0) is 38.7 Å². The molecule has 2 amide bonds. The normalized spacial score (nSPS) is 13.3. The topological polar surface area (TPSA) is 114 Å². The lowest BCUT2D eigenvalue weighted by molar-refractivity contribution is -0.137. The Morgan fingerprint density at radius 3 is 2.10 bits per heavy atom. The van der Waals surface area contributed by atoms with Crippen LogP contribution < -0.4 is 10.6 Å². The molecule has 0 spiro atoms. The average Bonchev–Trinajstić information content (AvgIpc) is 2.57. The summed E-state index contributed by atoms with van der Waals surface area (Å²) >= 11 is 0. The standard InChI is InChI=1S/C21H32N2O6/c1-14(2)11-16(23-20(27)29-21(3,4)5)17(12-18(24)25)22-19(26)28-13-15-9-7-6-8-10-15/h6-10,14,16-17H,11-13H2,1-5H3,(H,22,26)(H,23,27)(H,24,25). The molecule has 0 aliphatic rings. The fourth-order valence-corrected chi connectivity index (χ4v) is 2.69. The van der Waals surface area contributed by atoms with Crippen molar-refractivity contribution < 1.29 is 29.0 Å². The molecule has 29 heavy (non-hydrogen) atoms. The van der Waals surface area contributed by atoms with Crippen LogP contribution in [0.4, 0.5) is 9.59 Å². The summed E-state index contributed by atoms with van der Waals surface area (Å²) in [7, 11) is 0. The fourth-order valence-electron chi connectivity index (χ4n) is 2.69. The van der Waals surface area contributed by atoms with Crippen molar-refractivity contribution in [2.24, 2.45) is 5.92 Å². The van der Waals surface area contributed by atoms with Crippen LogP contribution in [0.25, 0.3) is 0 Å². The van der Waals surface area contributed by atoms with Gasteiger partial charge in [-0.2, -0.15) is 0 Å². The van der Waals surface area contributed by atoms with Gasteiger partial charge in [-0.3, -0.25) is 4.79 Å². The molecular weight excluding hydrogens is 376 g/mol. The van der Waals surface area contributed by atoms with E-state index in [9.17, 15) is 19.5 Å². The van der Waals surface area contributed by atoms with Gasteiger partial charge in [0, 0.05) is 0 Å². The molecule has 0 bridgehead atoms. The van der Waals surface area contributed by atoms with Crippen molar-refractivity contribution in [3.63, 3.8) is 0 Å². The van der Waals surface area contributed by atoms with Gasteiger partial charge in [0.1, 0.15) is 12.2 Å². The average molecular weight is 408 g/mol. The van der Waals surface area contributed by atoms with Crippen LogP contribution in [0.15, 0.2) is 30.3 Å². The number of carboxylic acids is 1. The SMILES string of the molecule is CC(C)CC(NC(=O)OC(C)(C)C)C(CC(=O)O)NC(=O)OCc1ccccc1. The minimum atomic E-state index is -1.10. The van der Waals surface area contributed by atoms with Gasteiger partial charge in [0.05, 0.1) is 18.5 Å². The minimum Gasteiger partial charge on any atom is -0.481 e. The van der Waals surface area contributed by atoms with E-state index in [2.05, 4.69) is 10.6 Å². The van der Waals surface area contributed by atoms with Crippen LogP contribution in [0, 0.1) is 5.92 Å². The number of nitrogens with one attached hydrogen (secondary N) is 2. The third-order valence-electron chi connectivity index (χ3n) is 3.82. The highest BCUT2D eigenvalue weighted by atomic mass is 16.6. The maximum absolute atomic E-state index is 12.2. The van der Waals surface area contributed by atoms with Gasteiger partial charge >= 0.3 is 18.2 Å². The molecule has 0 saturated carbocycles. The highest BCUT2D eigenvalue weighted by molar-refractivity contribution is 5.72. The molecule has 0 aliphatic carbocycles. The number of aliphatic carboxylic acids is 1. The molecule has 0 radical (unpaired) electrons. The van der Waals surface area contributed by atoms with Crippen LogP contribution in [-0.2, 0) is 20.9 Å². The van der Waals surface area contributed by atoms with Crippen molar-refractivity contribution in [2.75, 3.05) is 0 Å². The fraction of sp³-hybridized carbons (Fsp3) is 0.571. The smallest absolute Gasteiger partial charge is 0.407 e. The maximum Gasteiger partial charge on any atom is 0.407 e. The van der Waals surface area contributed by atoms with E-state index in [1.807, 2.05) is 44.2 Å². The number of hydrogen-bond acceptors (Lipinski definition) is 5. The molecule has 2 atom stereocenters. The van der Waals surface area contributed by atoms with Crippen molar-refractivity contribution in [3.8, 4) is 0 Å². The van der Waals surface area contributed by atoms with E-state index in [1.165, 1.54) is 0 Å². The first-order valence-corrected chi connectivity index (χ1v) is 9.64. The first-order valence-electron chi connectivity index (χ1n) is 9.64. The number of amides is 2. The molecule has 8 heteroatoms. The molecule has 3 N–H and O–H groups in total. The monoisotopic (exact) mass is 408 g/mol. The summed E-state index contributed by atoms with van der Waals surface area (Å²) in [5.41, 5.74) is 0.111. The van der Waals surface area contributed by atoms with E-state index < -0.39 is 35.8 Å². The van der Waals surface area contributed by atoms with Crippen LogP contribution in [0.5, 0.6) is 0 Å². The molecular formula is C21H32N2O6. The number of carboxylic acid groups (broad SMARTS) is 1. The van der Waals surface area contributed by atoms with Gasteiger partial charge in [-0.25, -0.2) is 9.59 Å². The number of benzene rings is 1. The van der Waals surface area contributed by atoms with Crippen molar-refractivity contribution in [1.82, 2.24) is 10.6 Å². The number of carbonyl (C=O) groups excluding carboxylic acids is 2. The minimum absolute atomic E-state index is 0.0564. The van der Waals surface area contributed by atoms with Crippen LogP contribution in [0.1, 0.15) is 53.0 Å². The zero-order valence-corrected chi connectivity index (χ0v) is 17.7. The molecule has 1 aromatic carbocycles. The second kappa shape index (κ2) is 11.3. The second-order valence-corrected chi connectivity index (χ2v) is 8.29. The number of rotatable bonds is 9. The summed E-state index contributed by atoms with van der Waals surface area (Å²) < 4.78 is 10.5. The molecule has 1 aromatic rings. The molecule has 0 fully saturated rings. The van der Waals surface area contributed by atoms with Gasteiger partial charge in [0.2, 0.25) is 0 Å². The van der Waals surface area contributed by atoms with Crippen LogP contribution in [0.2, 0.25) is 0 Å². The van der Waals surface area contributed by atoms with Crippen molar-refractivity contribution in [3.05, 3.63) is 35.9 Å². The van der Waals surface area contributed by atoms with Gasteiger partial charge < -0.3 is 25.2 Å². The Morgan fingerprint density at radius 1 is 1.00 bits per heavy atom. The van der Waals surface area contributed by atoms with E-state index >= 15 is 0 Å². The quantitative estimate of drug-likeness (QED) is 0.574. The van der Waals surface area contributed by atoms with E-state index in [0.717, 1.165) is 5.56 Å². The first kappa shape index (κ1) is 24.3. The molecule has 0 aromatic heterocycles. The van der Waals surface area contributed by atoms with E-state index in [0.29, 0.717) is 6.42 Å². The molecule has 0 saturated heterocycles. The Kier molecular flexibility index (Phi) is 9.44. The molecule has 162 valence electrons.